The fourth-order valence-corrected chi connectivity index (χ4v) is 6.69. The normalized spacial score (nSPS) is 15.0. The second-order valence-corrected chi connectivity index (χ2v) is 12.5. The number of aryl methyl sites for hydroxylation is 5. The summed E-state index contributed by atoms with van der Waals surface area (Å²) < 4.78 is 7.41. The molecule has 0 unspecified atom stereocenters. The van der Waals surface area contributed by atoms with Gasteiger partial charge in [-0.2, -0.15) is 10.2 Å². The molecule has 0 saturated carbocycles. The molecule has 6 aromatic rings. The monoisotopic (exact) mass is 676 g/mol. The van der Waals surface area contributed by atoms with Crippen molar-refractivity contribution in [3.8, 4) is 0 Å². The summed E-state index contributed by atoms with van der Waals surface area (Å²) in [7, 11) is 0. The number of nitrogens with zero attached hydrogens (tertiary/aromatic N) is 8. The number of rotatable bonds is 2. The van der Waals surface area contributed by atoms with Gasteiger partial charge in [-0.25, -0.2) is 9.97 Å². The van der Waals surface area contributed by atoms with E-state index < -0.39 is 5.91 Å². The van der Waals surface area contributed by atoms with Crippen molar-refractivity contribution in [2.24, 2.45) is 5.73 Å². The van der Waals surface area contributed by atoms with E-state index in [-0.39, 0.29) is 11.8 Å². The van der Waals surface area contributed by atoms with Crippen molar-refractivity contribution in [3.63, 3.8) is 0 Å². The highest BCUT2D eigenvalue weighted by Gasteiger charge is 2.24. The average molecular weight is 677 g/mol. The van der Waals surface area contributed by atoms with E-state index >= 15 is 0 Å². The van der Waals surface area contributed by atoms with Crippen LogP contribution in [0, 0.1) is 13.8 Å². The number of carbonyl (C=O) groups is 3. The molecule has 50 heavy (non-hydrogen) atoms. The summed E-state index contributed by atoms with van der Waals surface area (Å²) in [5, 5.41) is 18.8. The first-order valence-corrected chi connectivity index (χ1v) is 16.9. The fourth-order valence-electron chi connectivity index (χ4n) is 6.69. The minimum absolute atomic E-state index is 0.254. The third-order valence-electron chi connectivity index (χ3n) is 9.10. The third kappa shape index (κ3) is 6.22. The van der Waals surface area contributed by atoms with Crippen molar-refractivity contribution in [3.05, 3.63) is 82.4 Å². The van der Waals surface area contributed by atoms with Crippen LogP contribution in [0.4, 0.5) is 11.9 Å². The van der Waals surface area contributed by atoms with Crippen molar-refractivity contribution in [2.75, 3.05) is 23.7 Å². The van der Waals surface area contributed by atoms with Crippen LogP contribution in [-0.4, -0.2) is 69.5 Å². The van der Waals surface area contributed by atoms with Gasteiger partial charge in [-0.15, -0.1) is 0 Å². The molecule has 5 N–H and O–H groups in total. The summed E-state index contributed by atoms with van der Waals surface area (Å²) in [6.07, 6.45) is 2.02. The van der Waals surface area contributed by atoms with Gasteiger partial charge in [0.05, 0.1) is 40.0 Å². The van der Waals surface area contributed by atoms with Crippen LogP contribution in [0.15, 0.2) is 48.5 Å². The number of hydrogen-bond acceptors (Lipinski definition) is 8. The van der Waals surface area contributed by atoms with E-state index in [1.807, 2.05) is 54.2 Å². The van der Waals surface area contributed by atoms with Gasteiger partial charge in [0.15, 0.2) is 0 Å². The highest BCUT2D eigenvalue weighted by atomic mass is 16.2. The maximum Gasteiger partial charge on any atom is 0.276 e. The number of imidazole rings is 2. The second kappa shape index (κ2) is 13.6. The number of para-hydroxylation sites is 2. The first-order valence-electron chi connectivity index (χ1n) is 16.9. The van der Waals surface area contributed by atoms with E-state index in [0.717, 1.165) is 34.2 Å². The lowest BCUT2D eigenvalue weighted by Crippen LogP contribution is -2.27. The molecular formula is C35H40N12O3. The van der Waals surface area contributed by atoms with Crippen LogP contribution >= 0.6 is 0 Å². The van der Waals surface area contributed by atoms with Crippen LogP contribution in [0.25, 0.3) is 22.1 Å². The van der Waals surface area contributed by atoms with Crippen molar-refractivity contribution < 1.29 is 14.4 Å². The zero-order chi connectivity index (χ0) is 34.9. The van der Waals surface area contributed by atoms with E-state index in [1.54, 1.807) is 33.6 Å². The molecule has 5 heterocycles. The van der Waals surface area contributed by atoms with Crippen LogP contribution in [0.1, 0.15) is 68.1 Å². The first-order chi connectivity index (χ1) is 24.2. The molecule has 0 aliphatic carbocycles. The molecule has 258 valence electrons. The molecule has 0 atom stereocenters. The Morgan fingerprint density at radius 2 is 1.54 bits per heavy atom. The van der Waals surface area contributed by atoms with Gasteiger partial charge in [0, 0.05) is 37.3 Å². The Morgan fingerprint density at radius 3 is 2.28 bits per heavy atom. The van der Waals surface area contributed by atoms with Gasteiger partial charge in [0.25, 0.3) is 11.8 Å². The SMILES string of the molecule is CCn1nc(C)c2c1C(=O)Nc1nc3ccccc3n1CCCCn1c(nc3cc(C(N)=O)ccc31)NC(=O)c1cc(C)nn1CCNCC2. The Kier molecular flexibility index (Phi) is 8.89. The molecule has 4 aromatic heterocycles. The van der Waals surface area contributed by atoms with Crippen molar-refractivity contribution in [1.82, 2.24) is 44.0 Å². The topological polar surface area (TPSA) is 185 Å². The number of primary amides is 1. The molecule has 0 spiro atoms. The van der Waals surface area contributed by atoms with E-state index in [1.165, 1.54) is 0 Å². The van der Waals surface area contributed by atoms with Crippen LogP contribution < -0.4 is 21.7 Å². The Morgan fingerprint density at radius 1 is 0.840 bits per heavy atom. The van der Waals surface area contributed by atoms with E-state index in [9.17, 15) is 14.4 Å². The summed E-state index contributed by atoms with van der Waals surface area (Å²) >= 11 is 0. The number of nitrogens with one attached hydrogen (secondary N) is 3. The standard InChI is InChI=1S/C35H40N12O3/c1-4-46-30-24(22(3)43-46)13-14-37-15-18-47-29(19-21(2)42-47)32(49)40-35-39-26-20-23(31(36)48)11-12-28(26)45(35)17-8-7-16-44-27-10-6-5-9-25(27)38-34(44)41-33(30)50/h5-6,9-12,19-20,37H,4,7-8,13-18H2,1-3H3,(H2,36,48)(H,38,41,50)(H,39,40,49). The first kappa shape index (κ1) is 32.7. The van der Waals surface area contributed by atoms with Gasteiger partial charge in [0.2, 0.25) is 17.8 Å². The number of carbonyl (C=O) groups excluding carboxylic acids is 3. The molecule has 1 aliphatic rings. The van der Waals surface area contributed by atoms with Gasteiger partial charge >= 0.3 is 0 Å². The Hall–Kier alpha value is -5.83. The molecule has 1 aliphatic heterocycles. The molecule has 15 nitrogen and oxygen atoms in total. The number of anilines is 2. The van der Waals surface area contributed by atoms with E-state index in [0.29, 0.717) is 92.2 Å². The molecule has 0 saturated heterocycles. The van der Waals surface area contributed by atoms with Gasteiger partial charge < -0.3 is 20.2 Å². The lowest BCUT2D eigenvalue weighted by Gasteiger charge is -2.13. The minimum Gasteiger partial charge on any atom is -0.366 e. The molecule has 0 fully saturated rings. The zero-order valence-electron chi connectivity index (χ0n) is 28.4. The molecular weight excluding hydrogens is 636 g/mol. The summed E-state index contributed by atoms with van der Waals surface area (Å²) in [6, 6.07) is 14.7. The fraction of sp³-hybridized carbons (Fsp3) is 0.343. The predicted octanol–water partition coefficient (Wildman–Crippen LogP) is 3.65. The van der Waals surface area contributed by atoms with Crippen LogP contribution in [0.3, 0.4) is 0 Å². The average Bonchev–Trinajstić information content (AvgIpc) is 3.83. The van der Waals surface area contributed by atoms with Gasteiger partial charge in [-0.1, -0.05) is 12.1 Å². The Labute approximate surface area is 287 Å². The molecule has 3 amide bonds. The predicted molar refractivity (Wildman–Crippen MR) is 189 cm³/mol. The Bertz CT molecular complexity index is 2260. The molecule has 0 radical (unpaired) electrons. The van der Waals surface area contributed by atoms with Gasteiger partial charge in [-0.3, -0.25) is 34.4 Å². The molecule has 7 rings (SSSR count). The number of amides is 3. The summed E-state index contributed by atoms with van der Waals surface area (Å²) in [4.78, 5) is 49.2. The number of benzene rings is 2. The van der Waals surface area contributed by atoms with Crippen molar-refractivity contribution in [2.45, 2.75) is 66.2 Å². The number of hydrogen-bond donors (Lipinski definition) is 4. The van der Waals surface area contributed by atoms with Crippen LogP contribution in [-0.2, 0) is 32.6 Å². The zero-order valence-corrected chi connectivity index (χ0v) is 28.4. The lowest BCUT2D eigenvalue weighted by molar-refractivity contribution is 0.0994. The number of aromatic nitrogens is 8. The summed E-state index contributed by atoms with van der Waals surface area (Å²) in [5.41, 5.74) is 12.2. The largest absolute Gasteiger partial charge is 0.366 e. The second-order valence-electron chi connectivity index (χ2n) is 12.5. The van der Waals surface area contributed by atoms with Crippen LogP contribution in [0.5, 0.6) is 0 Å². The quantitative estimate of drug-likeness (QED) is 0.214. The summed E-state index contributed by atoms with van der Waals surface area (Å²) in [6.45, 7) is 8.99. The maximum atomic E-state index is 14.0. The number of fused-ring (bicyclic) bond motifs is 8. The maximum absolute atomic E-state index is 14.0. The number of nitrogens with two attached hydrogens (primary N) is 1. The van der Waals surface area contributed by atoms with Gasteiger partial charge in [0.1, 0.15) is 11.4 Å². The smallest absolute Gasteiger partial charge is 0.276 e. The minimum atomic E-state index is -0.555. The van der Waals surface area contributed by atoms with Crippen LogP contribution in [0.2, 0.25) is 0 Å². The van der Waals surface area contributed by atoms with E-state index in [4.69, 9.17) is 15.7 Å². The molecule has 15 heteroatoms. The highest BCUT2D eigenvalue weighted by Crippen LogP contribution is 2.25. The molecule has 0 bridgehead atoms. The third-order valence-corrected chi connectivity index (χ3v) is 9.10. The highest BCUT2D eigenvalue weighted by molar-refractivity contribution is 6.04. The van der Waals surface area contributed by atoms with Gasteiger partial charge in [-0.05, 0) is 83.0 Å². The lowest BCUT2D eigenvalue weighted by atomic mass is 10.1. The van der Waals surface area contributed by atoms with Crippen molar-refractivity contribution >= 4 is 51.7 Å². The van der Waals surface area contributed by atoms with Crippen molar-refractivity contribution in [1.29, 1.82) is 0 Å². The Balaban J connectivity index is 1.26. The summed E-state index contributed by atoms with van der Waals surface area (Å²) in [5.74, 6) is -0.316. The molecule has 2 aromatic carbocycles. The van der Waals surface area contributed by atoms with E-state index in [2.05, 4.69) is 26.1 Å².